The fraction of sp³-hybridized carbons (Fsp3) is 0.333. The topological polar surface area (TPSA) is 147 Å². The van der Waals surface area contributed by atoms with Crippen LogP contribution in [0.1, 0.15) is 42.6 Å². The molecule has 0 saturated carbocycles. The van der Waals surface area contributed by atoms with Crippen LogP contribution in [0.25, 0.3) is 0 Å². The first-order valence-electron chi connectivity index (χ1n) is 9.98. The largest absolute Gasteiger partial charge is 0.480 e. The van der Waals surface area contributed by atoms with Crippen LogP contribution in [-0.2, 0) is 26.0 Å². The Balaban J connectivity index is 2.18. The van der Waals surface area contributed by atoms with Gasteiger partial charge in [-0.05, 0) is 39.8 Å². The predicted molar refractivity (Wildman–Crippen MR) is 118 cm³/mol. The van der Waals surface area contributed by atoms with E-state index >= 15 is 0 Å². The van der Waals surface area contributed by atoms with Gasteiger partial charge in [0, 0.05) is 25.0 Å². The number of nitrogens with zero attached hydrogens (tertiary/aromatic N) is 4. The Hall–Kier alpha value is -3.67. The van der Waals surface area contributed by atoms with E-state index in [0.717, 1.165) is 10.2 Å². The molecule has 2 aromatic heterocycles. The van der Waals surface area contributed by atoms with Crippen LogP contribution in [-0.4, -0.2) is 56.7 Å². The van der Waals surface area contributed by atoms with Crippen LogP contribution >= 0.6 is 0 Å². The van der Waals surface area contributed by atoms with E-state index in [0.29, 0.717) is 10.1 Å². The van der Waals surface area contributed by atoms with Gasteiger partial charge in [-0.15, -0.1) is 0 Å². The van der Waals surface area contributed by atoms with Gasteiger partial charge in [0.1, 0.15) is 5.60 Å². The number of hydrogen-bond donors (Lipinski definition) is 2. The van der Waals surface area contributed by atoms with Gasteiger partial charge in [0.15, 0.2) is 6.04 Å². The van der Waals surface area contributed by atoms with Crippen molar-refractivity contribution in [2.24, 2.45) is 0 Å². The lowest BCUT2D eigenvalue weighted by atomic mass is 10.2. The van der Waals surface area contributed by atoms with Crippen LogP contribution in [0.2, 0.25) is 0 Å². The maximum Gasteiger partial charge on any atom is 0.376 e. The SMILES string of the molecule is Cc1ccc(S(=O)(=O)N([C@@H](Cc2c[nH]cn2)C(=O)O)n2ccnc2C(=O)OC(C)(C)C)cc1. The molecule has 0 unspecified atom stereocenters. The average Bonchev–Trinajstić information content (AvgIpc) is 3.38. The number of sulfonamides is 1. The number of ether oxygens (including phenoxy) is 1. The molecule has 0 bridgehead atoms. The van der Waals surface area contributed by atoms with Crippen LogP contribution in [0.3, 0.4) is 0 Å². The highest BCUT2D eigenvalue weighted by Gasteiger charge is 2.39. The maximum atomic E-state index is 13.7. The number of carboxylic acids is 1. The van der Waals surface area contributed by atoms with Crippen LogP contribution in [0.4, 0.5) is 0 Å². The molecule has 176 valence electrons. The molecule has 0 aliphatic heterocycles. The Morgan fingerprint density at radius 2 is 1.88 bits per heavy atom. The number of benzene rings is 1. The Labute approximate surface area is 191 Å². The molecule has 0 fully saturated rings. The highest BCUT2D eigenvalue weighted by molar-refractivity contribution is 7.92. The van der Waals surface area contributed by atoms with Crippen molar-refractivity contribution < 1.29 is 27.9 Å². The quantitative estimate of drug-likeness (QED) is 0.469. The molecule has 0 amide bonds. The van der Waals surface area contributed by atoms with Crippen LogP contribution in [0.5, 0.6) is 0 Å². The summed E-state index contributed by atoms with van der Waals surface area (Å²) < 4.78 is 34.3. The van der Waals surface area contributed by atoms with Gasteiger partial charge in [0.2, 0.25) is 5.82 Å². The van der Waals surface area contributed by atoms with Crippen molar-refractivity contribution in [1.29, 1.82) is 0 Å². The molecular weight excluding hydrogens is 450 g/mol. The van der Waals surface area contributed by atoms with Gasteiger partial charge in [0.25, 0.3) is 10.0 Å². The third-order valence-electron chi connectivity index (χ3n) is 4.49. The molecule has 11 nitrogen and oxygen atoms in total. The molecule has 0 saturated heterocycles. The fourth-order valence-electron chi connectivity index (χ4n) is 3.04. The second-order valence-electron chi connectivity index (χ2n) is 8.31. The number of aromatic amines is 1. The lowest BCUT2D eigenvalue weighted by molar-refractivity contribution is -0.138. The first-order chi connectivity index (χ1) is 15.4. The lowest BCUT2D eigenvalue weighted by Crippen LogP contribution is -2.53. The van der Waals surface area contributed by atoms with E-state index in [4.69, 9.17) is 4.74 Å². The molecule has 0 radical (unpaired) electrons. The van der Waals surface area contributed by atoms with Gasteiger partial charge < -0.3 is 14.8 Å². The van der Waals surface area contributed by atoms with Crippen molar-refractivity contribution in [2.45, 2.75) is 50.7 Å². The Morgan fingerprint density at radius 1 is 1.21 bits per heavy atom. The van der Waals surface area contributed by atoms with E-state index in [9.17, 15) is 23.1 Å². The fourth-order valence-corrected chi connectivity index (χ4v) is 4.60. The van der Waals surface area contributed by atoms with Gasteiger partial charge >= 0.3 is 11.9 Å². The number of aryl methyl sites for hydroxylation is 1. The number of carbonyl (C=O) groups excluding carboxylic acids is 1. The molecule has 1 atom stereocenters. The number of imidazole rings is 2. The first kappa shape index (κ1) is 24.0. The van der Waals surface area contributed by atoms with Crippen LogP contribution < -0.4 is 4.41 Å². The minimum Gasteiger partial charge on any atom is -0.480 e. The van der Waals surface area contributed by atoms with E-state index in [1.807, 2.05) is 0 Å². The van der Waals surface area contributed by atoms with Crippen LogP contribution in [0, 0.1) is 6.92 Å². The standard InChI is InChI=1S/C21H25N5O6S/c1-14-5-7-16(8-6-14)33(30,31)26(17(19(27)28)11-15-12-22-13-24-15)25-10-9-23-18(25)20(29)32-21(2,3)4/h5-10,12-13,17H,11H2,1-4H3,(H,22,24)(H,27,28)/t17-/m0/s1. The first-order valence-corrected chi connectivity index (χ1v) is 11.4. The normalized spacial score (nSPS) is 12.8. The molecule has 33 heavy (non-hydrogen) atoms. The number of H-pyrrole nitrogens is 1. The van der Waals surface area contributed by atoms with Crippen molar-refractivity contribution in [3.63, 3.8) is 0 Å². The minimum atomic E-state index is -4.46. The number of aliphatic carboxylic acids is 1. The number of carboxylic acid groups (broad SMARTS) is 1. The van der Waals surface area contributed by atoms with Gasteiger partial charge in [-0.2, -0.15) is 12.8 Å². The highest BCUT2D eigenvalue weighted by atomic mass is 32.2. The molecule has 12 heteroatoms. The molecule has 0 aliphatic carbocycles. The van der Waals surface area contributed by atoms with Crippen molar-refractivity contribution in [3.05, 3.63) is 66.3 Å². The third kappa shape index (κ3) is 5.40. The summed E-state index contributed by atoms with van der Waals surface area (Å²) in [6.07, 6.45) is 4.96. The average molecular weight is 476 g/mol. The molecule has 0 aliphatic rings. The van der Waals surface area contributed by atoms with Gasteiger partial charge in [-0.1, -0.05) is 17.7 Å². The van der Waals surface area contributed by atoms with E-state index in [1.54, 1.807) is 39.8 Å². The Kier molecular flexibility index (Phi) is 6.58. The number of rotatable bonds is 8. The maximum absolute atomic E-state index is 13.7. The van der Waals surface area contributed by atoms with Gasteiger partial charge in [-0.3, -0.25) is 0 Å². The van der Waals surface area contributed by atoms with Crippen molar-refractivity contribution >= 4 is 22.0 Å². The lowest BCUT2D eigenvalue weighted by Gasteiger charge is -2.31. The Bertz CT molecular complexity index is 1230. The summed E-state index contributed by atoms with van der Waals surface area (Å²) in [5, 5.41) is 10.0. The zero-order valence-electron chi connectivity index (χ0n) is 18.6. The van der Waals surface area contributed by atoms with Crippen molar-refractivity contribution in [1.82, 2.24) is 19.6 Å². The predicted octanol–water partition coefficient (Wildman–Crippen LogP) is 1.89. The molecule has 3 aromatic rings. The minimum absolute atomic E-state index is 0.148. The summed E-state index contributed by atoms with van der Waals surface area (Å²) in [6.45, 7) is 6.74. The van der Waals surface area contributed by atoms with E-state index in [2.05, 4.69) is 15.0 Å². The third-order valence-corrected chi connectivity index (χ3v) is 6.28. The monoisotopic (exact) mass is 475 g/mol. The Morgan fingerprint density at radius 3 is 2.42 bits per heavy atom. The molecule has 1 aromatic carbocycles. The van der Waals surface area contributed by atoms with E-state index < -0.39 is 33.6 Å². The highest BCUT2D eigenvalue weighted by Crippen LogP contribution is 2.22. The number of hydrogen-bond acceptors (Lipinski definition) is 7. The van der Waals surface area contributed by atoms with E-state index in [-0.39, 0.29) is 17.1 Å². The molecule has 3 rings (SSSR count). The summed E-state index contributed by atoms with van der Waals surface area (Å²) in [7, 11) is -4.46. The second-order valence-corrected chi connectivity index (χ2v) is 10.1. The zero-order chi connectivity index (χ0) is 24.4. The summed E-state index contributed by atoms with van der Waals surface area (Å²) in [5.74, 6) is -2.72. The molecular formula is C21H25N5O6S. The number of carbonyl (C=O) groups is 2. The molecule has 0 spiro atoms. The summed E-state index contributed by atoms with van der Waals surface area (Å²) in [4.78, 5) is 35.6. The van der Waals surface area contributed by atoms with Crippen molar-refractivity contribution in [2.75, 3.05) is 4.41 Å². The smallest absolute Gasteiger partial charge is 0.376 e. The summed E-state index contributed by atoms with van der Waals surface area (Å²) in [6, 6.07) is 4.29. The van der Waals surface area contributed by atoms with E-state index in [1.165, 1.54) is 37.1 Å². The molecule has 2 N–H and O–H groups in total. The van der Waals surface area contributed by atoms with Crippen LogP contribution in [0.15, 0.2) is 54.1 Å². The summed E-state index contributed by atoms with van der Waals surface area (Å²) in [5.41, 5.74) is 0.268. The zero-order valence-corrected chi connectivity index (χ0v) is 19.4. The number of esters is 1. The van der Waals surface area contributed by atoms with Gasteiger partial charge in [0.05, 0.1) is 16.9 Å². The van der Waals surface area contributed by atoms with Gasteiger partial charge in [-0.25, -0.2) is 24.2 Å². The second kappa shape index (κ2) is 9.06. The number of nitrogens with one attached hydrogen (secondary N) is 1. The van der Waals surface area contributed by atoms with Crippen molar-refractivity contribution in [3.8, 4) is 0 Å². The molecule has 2 heterocycles. The number of aromatic nitrogens is 4. The summed E-state index contributed by atoms with van der Waals surface area (Å²) >= 11 is 0.